The molecule has 1 atom stereocenters. The molecule has 0 radical (unpaired) electrons. The van der Waals surface area contributed by atoms with E-state index in [-0.39, 0.29) is 16.9 Å². The summed E-state index contributed by atoms with van der Waals surface area (Å²) >= 11 is 0. The van der Waals surface area contributed by atoms with Crippen molar-refractivity contribution in [1.82, 2.24) is 0 Å². The van der Waals surface area contributed by atoms with E-state index in [2.05, 4.69) is 9.46 Å². The molecule has 1 unspecified atom stereocenters. The van der Waals surface area contributed by atoms with Crippen molar-refractivity contribution in [3.8, 4) is 5.75 Å². The van der Waals surface area contributed by atoms with E-state index in [1.54, 1.807) is 0 Å². The van der Waals surface area contributed by atoms with Crippen LogP contribution in [0.3, 0.4) is 0 Å². The number of hydrogen-bond acceptors (Lipinski definition) is 6. The van der Waals surface area contributed by atoms with Crippen LogP contribution in [0.5, 0.6) is 5.75 Å². The highest BCUT2D eigenvalue weighted by Gasteiger charge is 2.28. The van der Waals surface area contributed by atoms with Crippen LogP contribution in [0.25, 0.3) is 0 Å². The third-order valence-corrected chi connectivity index (χ3v) is 5.62. The van der Waals surface area contributed by atoms with Crippen molar-refractivity contribution in [3.63, 3.8) is 0 Å². The van der Waals surface area contributed by atoms with E-state index in [1.165, 1.54) is 61.4 Å². The molecule has 0 aromatic heterocycles. The van der Waals surface area contributed by atoms with Gasteiger partial charge in [0.05, 0.1) is 29.8 Å². The van der Waals surface area contributed by atoms with E-state index in [9.17, 15) is 18.0 Å². The van der Waals surface area contributed by atoms with Crippen LogP contribution in [-0.4, -0.2) is 40.1 Å². The first-order chi connectivity index (χ1) is 13.2. The molecule has 2 aromatic carbocycles. The second-order valence-corrected chi connectivity index (χ2v) is 8.04. The molecule has 0 saturated heterocycles. The monoisotopic (exact) mass is 404 g/mol. The number of nitrogens with one attached hydrogen (secondary N) is 1. The van der Waals surface area contributed by atoms with Crippen LogP contribution in [-0.2, 0) is 19.6 Å². The molecular weight excluding hydrogens is 384 g/mol. The lowest BCUT2D eigenvalue weighted by Crippen LogP contribution is -2.41. The predicted octanol–water partition coefficient (Wildman–Crippen LogP) is 2.41. The van der Waals surface area contributed by atoms with Gasteiger partial charge in [0, 0.05) is 12.6 Å². The fourth-order valence-corrected chi connectivity index (χ4v) is 3.97. The van der Waals surface area contributed by atoms with Gasteiger partial charge in [0.25, 0.3) is 10.0 Å². The van der Waals surface area contributed by atoms with Gasteiger partial charge in [-0.1, -0.05) is 0 Å². The van der Waals surface area contributed by atoms with Crippen molar-refractivity contribution >= 4 is 33.3 Å². The molecule has 3 rings (SSSR count). The Balaban J connectivity index is 1.89. The number of carbonyl (C=O) groups is 2. The molecule has 1 aliphatic heterocycles. The molecule has 9 heteroatoms. The number of rotatable bonds is 4. The molecule has 2 aromatic rings. The number of nitrogens with zero attached hydrogens (tertiary/aromatic N) is 1. The second-order valence-electron chi connectivity index (χ2n) is 6.36. The van der Waals surface area contributed by atoms with E-state index in [4.69, 9.17) is 4.74 Å². The van der Waals surface area contributed by atoms with Crippen LogP contribution in [0.2, 0.25) is 0 Å². The zero-order chi connectivity index (χ0) is 20.5. The number of fused-ring (bicyclic) bond motifs is 1. The largest absolute Gasteiger partial charge is 0.487 e. The minimum atomic E-state index is -3.91. The number of ether oxygens (including phenoxy) is 2. The van der Waals surface area contributed by atoms with Gasteiger partial charge in [-0.2, -0.15) is 0 Å². The summed E-state index contributed by atoms with van der Waals surface area (Å²) in [5.41, 5.74) is 1.01. The van der Waals surface area contributed by atoms with E-state index in [0.29, 0.717) is 29.2 Å². The predicted molar refractivity (Wildman–Crippen MR) is 103 cm³/mol. The average Bonchev–Trinajstić information content (AvgIpc) is 2.66. The van der Waals surface area contributed by atoms with Gasteiger partial charge in [-0.3, -0.25) is 9.52 Å². The number of benzene rings is 2. The SMILES string of the molecule is COC(=O)c1ccc(NS(=O)(=O)c2ccc3c(c2)N(C(C)=O)CC(C)O3)cc1. The fourth-order valence-electron chi connectivity index (χ4n) is 2.89. The maximum absolute atomic E-state index is 12.8. The fraction of sp³-hybridized carbons (Fsp3) is 0.263. The number of carbonyl (C=O) groups excluding carboxylic acids is 2. The number of amides is 1. The molecule has 0 bridgehead atoms. The lowest BCUT2D eigenvalue weighted by molar-refractivity contribution is -0.117. The van der Waals surface area contributed by atoms with E-state index in [1.807, 2.05) is 6.92 Å². The Bertz CT molecular complexity index is 1020. The Kier molecular flexibility index (Phi) is 5.28. The molecule has 1 aliphatic rings. The Morgan fingerprint density at radius 3 is 2.46 bits per heavy atom. The summed E-state index contributed by atoms with van der Waals surface area (Å²) < 4.78 is 38.3. The lowest BCUT2D eigenvalue weighted by atomic mass is 10.2. The van der Waals surface area contributed by atoms with Crippen LogP contribution in [0.4, 0.5) is 11.4 Å². The first-order valence-electron chi connectivity index (χ1n) is 8.51. The van der Waals surface area contributed by atoms with Crippen LogP contribution in [0, 0.1) is 0 Å². The van der Waals surface area contributed by atoms with Gasteiger partial charge in [-0.05, 0) is 49.4 Å². The van der Waals surface area contributed by atoms with Gasteiger partial charge >= 0.3 is 5.97 Å². The highest BCUT2D eigenvalue weighted by Crippen LogP contribution is 2.35. The normalized spacial score (nSPS) is 16.0. The van der Waals surface area contributed by atoms with Crippen LogP contribution < -0.4 is 14.4 Å². The maximum Gasteiger partial charge on any atom is 0.337 e. The Hall–Kier alpha value is -3.07. The summed E-state index contributed by atoms with van der Waals surface area (Å²) in [5.74, 6) is -0.254. The molecule has 148 valence electrons. The number of anilines is 2. The van der Waals surface area contributed by atoms with Crippen molar-refractivity contribution in [1.29, 1.82) is 0 Å². The van der Waals surface area contributed by atoms with E-state index < -0.39 is 16.0 Å². The highest BCUT2D eigenvalue weighted by molar-refractivity contribution is 7.92. The minimum absolute atomic E-state index is 0.00676. The summed E-state index contributed by atoms with van der Waals surface area (Å²) in [6.07, 6.45) is -0.190. The van der Waals surface area contributed by atoms with Gasteiger partial charge in [0.15, 0.2) is 0 Å². The number of methoxy groups -OCH3 is 1. The van der Waals surface area contributed by atoms with Gasteiger partial charge in [-0.15, -0.1) is 0 Å². The Morgan fingerprint density at radius 2 is 1.86 bits per heavy atom. The van der Waals surface area contributed by atoms with Gasteiger partial charge in [0.1, 0.15) is 11.9 Å². The Labute approximate surface area is 163 Å². The summed E-state index contributed by atoms with van der Waals surface area (Å²) in [7, 11) is -2.64. The van der Waals surface area contributed by atoms with Crippen LogP contribution in [0.15, 0.2) is 47.4 Å². The lowest BCUT2D eigenvalue weighted by Gasteiger charge is -2.33. The van der Waals surface area contributed by atoms with Gasteiger partial charge in [-0.25, -0.2) is 13.2 Å². The van der Waals surface area contributed by atoms with E-state index >= 15 is 0 Å². The van der Waals surface area contributed by atoms with Crippen molar-refractivity contribution in [2.45, 2.75) is 24.8 Å². The van der Waals surface area contributed by atoms with Crippen molar-refractivity contribution in [2.75, 3.05) is 23.3 Å². The first kappa shape index (κ1) is 19.7. The number of hydrogen-bond donors (Lipinski definition) is 1. The molecule has 0 fully saturated rings. The smallest absolute Gasteiger partial charge is 0.337 e. The second kappa shape index (κ2) is 7.51. The van der Waals surface area contributed by atoms with Gasteiger partial charge in [0.2, 0.25) is 5.91 Å². The van der Waals surface area contributed by atoms with Gasteiger partial charge < -0.3 is 14.4 Å². The molecule has 1 heterocycles. The summed E-state index contributed by atoms with van der Waals surface area (Å²) in [6.45, 7) is 3.60. The van der Waals surface area contributed by atoms with Crippen molar-refractivity contribution in [3.05, 3.63) is 48.0 Å². The number of sulfonamides is 1. The third kappa shape index (κ3) is 3.94. The standard InChI is InChI=1S/C19H20N2O6S/c1-12-11-21(13(2)22)17-10-16(8-9-18(17)27-12)28(24,25)20-15-6-4-14(5-7-15)19(23)26-3/h4-10,12,20H,11H2,1-3H3. The summed E-state index contributed by atoms with van der Waals surface area (Å²) in [4.78, 5) is 24.9. The number of esters is 1. The third-order valence-electron chi connectivity index (χ3n) is 4.24. The Morgan fingerprint density at radius 1 is 1.18 bits per heavy atom. The van der Waals surface area contributed by atoms with Crippen LogP contribution >= 0.6 is 0 Å². The quantitative estimate of drug-likeness (QED) is 0.785. The molecule has 1 N–H and O–H groups in total. The summed E-state index contributed by atoms with van der Waals surface area (Å²) in [5, 5.41) is 0. The van der Waals surface area contributed by atoms with Crippen molar-refractivity contribution < 1.29 is 27.5 Å². The van der Waals surface area contributed by atoms with E-state index in [0.717, 1.165) is 0 Å². The molecule has 0 aliphatic carbocycles. The molecule has 28 heavy (non-hydrogen) atoms. The average molecular weight is 404 g/mol. The molecule has 1 amide bonds. The first-order valence-corrected chi connectivity index (χ1v) is 9.99. The van der Waals surface area contributed by atoms with Crippen LogP contribution in [0.1, 0.15) is 24.2 Å². The molecule has 0 spiro atoms. The topological polar surface area (TPSA) is 102 Å². The maximum atomic E-state index is 12.8. The minimum Gasteiger partial charge on any atom is -0.487 e. The zero-order valence-electron chi connectivity index (χ0n) is 15.6. The summed E-state index contributed by atoms with van der Waals surface area (Å²) in [6, 6.07) is 10.2. The molecular formula is C19H20N2O6S. The molecule has 8 nitrogen and oxygen atoms in total. The highest BCUT2D eigenvalue weighted by atomic mass is 32.2. The molecule has 0 saturated carbocycles. The van der Waals surface area contributed by atoms with Crippen molar-refractivity contribution in [2.24, 2.45) is 0 Å². The zero-order valence-corrected chi connectivity index (χ0v) is 16.4.